The molecule has 0 aliphatic carbocycles. The van der Waals surface area contributed by atoms with Crippen LogP contribution in [0.5, 0.6) is 0 Å². The number of nitrogens with zero attached hydrogens (tertiary/aromatic N) is 3. The van der Waals surface area contributed by atoms with E-state index in [1.807, 2.05) is 4.68 Å². The molecule has 2 heterocycles. The number of nitrogens with two attached hydrogens (primary N) is 1. The average molecular weight is 280 g/mol. The van der Waals surface area contributed by atoms with Gasteiger partial charge in [0.2, 0.25) is 0 Å². The molecule has 1 aromatic heterocycles. The van der Waals surface area contributed by atoms with Crippen LogP contribution in [-0.2, 0) is 17.7 Å². The summed E-state index contributed by atoms with van der Waals surface area (Å²) < 4.78 is 7.88. The molecule has 0 aromatic carbocycles. The molecule has 2 rings (SSSR count). The van der Waals surface area contributed by atoms with Gasteiger partial charge in [-0.15, -0.1) is 0 Å². The molecular formula is C15H28N4O. The Hall–Kier alpha value is -0.940. The zero-order valence-electron chi connectivity index (χ0n) is 13.3. The van der Waals surface area contributed by atoms with Crippen molar-refractivity contribution >= 4 is 0 Å². The molecule has 0 spiro atoms. The Balaban J connectivity index is 2.04. The predicted molar refractivity (Wildman–Crippen MR) is 79.2 cm³/mol. The van der Waals surface area contributed by atoms with Gasteiger partial charge in [-0.25, -0.2) is 9.67 Å². The summed E-state index contributed by atoms with van der Waals surface area (Å²) >= 11 is 0. The Morgan fingerprint density at radius 3 is 2.55 bits per heavy atom. The molecule has 20 heavy (non-hydrogen) atoms. The summed E-state index contributed by atoms with van der Waals surface area (Å²) in [7, 11) is 0. The van der Waals surface area contributed by atoms with Crippen molar-refractivity contribution in [2.75, 3.05) is 0 Å². The van der Waals surface area contributed by atoms with Crippen molar-refractivity contribution in [3.05, 3.63) is 12.2 Å². The standard InChI is InChI=1S/C15H28N4O/c1-9(2)7-19-14(17-8-18-19)6-13(16)15-10(3)11(4)20-12(15)5/h8-13,15H,6-7,16H2,1-5H3. The van der Waals surface area contributed by atoms with E-state index in [4.69, 9.17) is 10.5 Å². The largest absolute Gasteiger partial charge is 0.375 e. The topological polar surface area (TPSA) is 66.0 Å². The maximum Gasteiger partial charge on any atom is 0.138 e. The summed E-state index contributed by atoms with van der Waals surface area (Å²) in [6, 6.07) is 0.0695. The molecule has 0 saturated carbocycles. The SMILES string of the molecule is CC(C)Cn1ncnc1CC(N)C1C(C)OC(C)C1C. The Morgan fingerprint density at radius 1 is 1.30 bits per heavy atom. The van der Waals surface area contributed by atoms with Crippen LogP contribution in [0.1, 0.15) is 40.4 Å². The second-order valence-corrected chi connectivity index (χ2v) is 6.60. The average Bonchev–Trinajstić information content (AvgIpc) is 2.85. The van der Waals surface area contributed by atoms with Crippen LogP contribution >= 0.6 is 0 Å². The summed E-state index contributed by atoms with van der Waals surface area (Å²) in [4.78, 5) is 4.38. The van der Waals surface area contributed by atoms with Gasteiger partial charge < -0.3 is 10.5 Å². The summed E-state index contributed by atoms with van der Waals surface area (Å²) in [5.41, 5.74) is 6.45. The van der Waals surface area contributed by atoms with Crippen molar-refractivity contribution in [3.8, 4) is 0 Å². The third kappa shape index (κ3) is 3.20. The van der Waals surface area contributed by atoms with E-state index >= 15 is 0 Å². The third-order valence-corrected chi connectivity index (χ3v) is 4.47. The first-order valence-corrected chi connectivity index (χ1v) is 7.67. The maximum atomic E-state index is 6.45. The van der Waals surface area contributed by atoms with Crippen molar-refractivity contribution < 1.29 is 4.74 Å². The number of ether oxygens (including phenoxy) is 1. The van der Waals surface area contributed by atoms with E-state index in [1.165, 1.54) is 0 Å². The third-order valence-electron chi connectivity index (χ3n) is 4.47. The van der Waals surface area contributed by atoms with Crippen LogP contribution in [0.15, 0.2) is 6.33 Å². The van der Waals surface area contributed by atoms with Crippen molar-refractivity contribution in [1.82, 2.24) is 14.8 Å². The molecular weight excluding hydrogens is 252 g/mol. The minimum absolute atomic E-state index is 0.0695. The Morgan fingerprint density at radius 2 is 2.00 bits per heavy atom. The van der Waals surface area contributed by atoms with Gasteiger partial charge in [-0.3, -0.25) is 0 Å². The van der Waals surface area contributed by atoms with Crippen molar-refractivity contribution in [2.24, 2.45) is 23.5 Å². The van der Waals surface area contributed by atoms with Crippen LogP contribution in [-0.4, -0.2) is 33.0 Å². The summed E-state index contributed by atoms with van der Waals surface area (Å²) in [6.07, 6.45) is 2.90. The normalized spacial score (nSPS) is 31.9. The van der Waals surface area contributed by atoms with Gasteiger partial charge in [0.1, 0.15) is 12.2 Å². The van der Waals surface area contributed by atoms with E-state index in [9.17, 15) is 0 Å². The lowest BCUT2D eigenvalue weighted by atomic mass is 9.82. The van der Waals surface area contributed by atoms with Crippen LogP contribution in [0, 0.1) is 17.8 Å². The molecule has 0 amide bonds. The van der Waals surface area contributed by atoms with Gasteiger partial charge in [0.05, 0.1) is 12.2 Å². The monoisotopic (exact) mass is 280 g/mol. The van der Waals surface area contributed by atoms with Gasteiger partial charge >= 0.3 is 0 Å². The molecule has 0 bridgehead atoms. The lowest BCUT2D eigenvalue weighted by molar-refractivity contribution is 0.0489. The molecule has 1 aromatic rings. The fourth-order valence-corrected chi connectivity index (χ4v) is 3.32. The summed E-state index contributed by atoms with van der Waals surface area (Å²) in [6.45, 7) is 11.8. The minimum atomic E-state index is 0.0695. The van der Waals surface area contributed by atoms with E-state index in [0.29, 0.717) is 17.8 Å². The highest BCUT2D eigenvalue weighted by atomic mass is 16.5. The fraction of sp³-hybridized carbons (Fsp3) is 0.867. The van der Waals surface area contributed by atoms with E-state index in [2.05, 4.69) is 44.7 Å². The molecule has 5 heteroatoms. The first kappa shape index (κ1) is 15.4. The van der Waals surface area contributed by atoms with Crippen molar-refractivity contribution in [3.63, 3.8) is 0 Å². The van der Waals surface area contributed by atoms with E-state index in [-0.39, 0.29) is 18.2 Å². The fourth-order valence-electron chi connectivity index (χ4n) is 3.32. The number of hydrogen-bond donors (Lipinski definition) is 1. The molecule has 1 fully saturated rings. The van der Waals surface area contributed by atoms with Gasteiger partial charge in [-0.05, 0) is 25.7 Å². The second-order valence-electron chi connectivity index (χ2n) is 6.60. The van der Waals surface area contributed by atoms with E-state index in [1.54, 1.807) is 6.33 Å². The number of rotatable bonds is 5. The molecule has 1 saturated heterocycles. The lowest BCUT2D eigenvalue weighted by Crippen LogP contribution is -2.40. The van der Waals surface area contributed by atoms with Gasteiger partial charge in [0.15, 0.2) is 0 Å². The molecule has 5 nitrogen and oxygen atoms in total. The zero-order valence-corrected chi connectivity index (χ0v) is 13.3. The molecule has 5 atom stereocenters. The van der Waals surface area contributed by atoms with Crippen LogP contribution in [0.2, 0.25) is 0 Å². The highest BCUT2D eigenvalue weighted by Crippen LogP contribution is 2.34. The highest BCUT2D eigenvalue weighted by Gasteiger charge is 2.40. The highest BCUT2D eigenvalue weighted by molar-refractivity contribution is 4.97. The zero-order chi connectivity index (χ0) is 14.9. The second kappa shape index (κ2) is 6.22. The lowest BCUT2D eigenvalue weighted by Gasteiger charge is -2.25. The Kier molecular flexibility index (Phi) is 4.81. The first-order valence-electron chi connectivity index (χ1n) is 7.67. The molecule has 114 valence electrons. The van der Waals surface area contributed by atoms with Gasteiger partial charge in [0.25, 0.3) is 0 Å². The van der Waals surface area contributed by atoms with Crippen LogP contribution in [0.4, 0.5) is 0 Å². The number of aromatic nitrogens is 3. The molecule has 0 radical (unpaired) electrons. The molecule has 1 aliphatic heterocycles. The molecule has 2 N–H and O–H groups in total. The first-order chi connectivity index (χ1) is 9.40. The summed E-state index contributed by atoms with van der Waals surface area (Å²) in [5.74, 6) is 2.42. The van der Waals surface area contributed by atoms with Crippen molar-refractivity contribution in [1.29, 1.82) is 0 Å². The molecule has 5 unspecified atom stereocenters. The Bertz CT molecular complexity index is 431. The summed E-state index contributed by atoms with van der Waals surface area (Å²) in [5, 5.41) is 4.31. The minimum Gasteiger partial charge on any atom is -0.375 e. The Labute approximate surface area is 121 Å². The van der Waals surface area contributed by atoms with Crippen molar-refractivity contribution in [2.45, 2.75) is 65.8 Å². The van der Waals surface area contributed by atoms with Gasteiger partial charge in [-0.2, -0.15) is 5.10 Å². The van der Waals surface area contributed by atoms with Crippen LogP contribution in [0.25, 0.3) is 0 Å². The predicted octanol–water partition coefficient (Wildman–Crippen LogP) is 1.86. The maximum absolute atomic E-state index is 6.45. The van der Waals surface area contributed by atoms with Crippen LogP contribution in [0.3, 0.4) is 0 Å². The quantitative estimate of drug-likeness (QED) is 0.894. The van der Waals surface area contributed by atoms with Gasteiger partial charge in [-0.1, -0.05) is 20.8 Å². The molecule has 1 aliphatic rings. The van der Waals surface area contributed by atoms with E-state index < -0.39 is 0 Å². The number of hydrogen-bond acceptors (Lipinski definition) is 4. The van der Waals surface area contributed by atoms with E-state index in [0.717, 1.165) is 18.8 Å². The van der Waals surface area contributed by atoms with Gasteiger partial charge in [0, 0.05) is 24.9 Å². The van der Waals surface area contributed by atoms with Crippen LogP contribution < -0.4 is 5.73 Å². The smallest absolute Gasteiger partial charge is 0.138 e.